The first-order valence-electron chi connectivity index (χ1n) is 10.1. The van der Waals surface area contributed by atoms with Crippen molar-refractivity contribution in [2.24, 2.45) is 0 Å². The Morgan fingerprint density at radius 1 is 1.14 bits per heavy atom. The summed E-state index contributed by atoms with van der Waals surface area (Å²) in [5.74, 6) is 0.966. The van der Waals surface area contributed by atoms with E-state index in [1.807, 2.05) is 35.0 Å². The average molecular weight is 414 g/mol. The van der Waals surface area contributed by atoms with Gasteiger partial charge in [-0.15, -0.1) is 0 Å². The topological polar surface area (TPSA) is 54.7 Å². The molecule has 3 heterocycles. The van der Waals surface area contributed by atoms with Crippen molar-refractivity contribution in [2.75, 3.05) is 44.7 Å². The lowest BCUT2D eigenvalue weighted by Crippen LogP contribution is -2.39. The number of hydrogen-bond acceptors (Lipinski definition) is 5. The molecule has 0 amide bonds. The molecule has 1 aliphatic heterocycles. The van der Waals surface area contributed by atoms with Gasteiger partial charge in [-0.3, -0.25) is 4.90 Å². The number of halogens is 1. The van der Waals surface area contributed by atoms with Crippen molar-refractivity contribution < 1.29 is 4.74 Å². The largest absolute Gasteiger partial charge is 0.379 e. The van der Waals surface area contributed by atoms with E-state index < -0.39 is 0 Å². The number of fused-ring (bicyclic) bond motifs is 1. The molecule has 0 atom stereocenters. The lowest BCUT2D eigenvalue weighted by atomic mass is 9.92. The van der Waals surface area contributed by atoms with Gasteiger partial charge in [-0.1, -0.05) is 44.5 Å². The maximum absolute atomic E-state index is 6.06. The van der Waals surface area contributed by atoms with Crippen molar-refractivity contribution >= 4 is 23.1 Å². The fourth-order valence-electron chi connectivity index (χ4n) is 3.47. The summed E-state index contributed by atoms with van der Waals surface area (Å²) in [6.07, 6.45) is 1.88. The predicted octanol–water partition coefficient (Wildman–Crippen LogP) is 4.09. The second kappa shape index (κ2) is 8.30. The van der Waals surface area contributed by atoms with Crippen LogP contribution in [0.2, 0.25) is 5.02 Å². The van der Waals surface area contributed by atoms with Gasteiger partial charge in [0.1, 0.15) is 5.82 Å². The van der Waals surface area contributed by atoms with Gasteiger partial charge < -0.3 is 10.1 Å². The summed E-state index contributed by atoms with van der Waals surface area (Å²) in [6.45, 7) is 12.0. The summed E-state index contributed by atoms with van der Waals surface area (Å²) in [4.78, 5) is 7.38. The molecule has 0 unspecified atom stereocenters. The highest BCUT2D eigenvalue weighted by Gasteiger charge is 2.21. The maximum Gasteiger partial charge on any atom is 0.165 e. The summed E-state index contributed by atoms with van der Waals surface area (Å²) in [7, 11) is 0. The summed E-state index contributed by atoms with van der Waals surface area (Å²) in [6, 6.07) is 9.93. The highest BCUT2D eigenvalue weighted by atomic mass is 35.5. The zero-order valence-corrected chi connectivity index (χ0v) is 18.0. The Kier molecular flexibility index (Phi) is 5.76. The first-order chi connectivity index (χ1) is 13.9. The third kappa shape index (κ3) is 4.55. The highest BCUT2D eigenvalue weighted by molar-refractivity contribution is 6.30. The van der Waals surface area contributed by atoms with Gasteiger partial charge in [0.25, 0.3) is 0 Å². The van der Waals surface area contributed by atoms with Crippen LogP contribution in [0, 0.1) is 0 Å². The molecule has 0 spiro atoms. The van der Waals surface area contributed by atoms with Crippen LogP contribution in [0.5, 0.6) is 0 Å². The number of benzene rings is 1. The van der Waals surface area contributed by atoms with Crippen LogP contribution in [0.15, 0.2) is 36.5 Å². The molecular formula is C22H28ClN5O. The molecule has 6 nitrogen and oxygen atoms in total. The smallest absolute Gasteiger partial charge is 0.165 e. The maximum atomic E-state index is 6.06. The van der Waals surface area contributed by atoms with Crippen molar-refractivity contribution in [1.82, 2.24) is 19.5 Å². The minimum atomic E-state index is -0.0656. The number of ether oxygens (including phenoxy) is 1. The zero-order chi connectivity index (χ0) is 20.4. The van der Waals surface area contributed by atoms with E-state index in [4.69, 9.17) is 21.3 Å². The summed E-state index contributed by atoms with van der Waals surface area (Å²) in [5.41, 5.74) is 3.89. The molecule has 7 heteroatoms. The van der Waals surface area contributed by atoms with Crippen LogP contribution in [-0.2, 0) is 10.2 Å². The molecule has 1 N–H and O–H groups in total. The van der Waals surface area contributed by atoms with Gasteiger partial charge >= 0.3 is 0 Å². The molecule has 1 aliphatic rings. The van der Waals surface area contributed by atoms with Gasteiger partial charge in [-0.05, 0) is 17.7 Å². The minimum Gasteiger partial charge on any atom is -0.379 e. The Morgan fingerprint density at radius 3 is 2.55 bits per heavy atom. The third-order valence-corrected chi connectivity index (χ3v) is 5.49. The fourth-order valence-corrected chi connectivity index (χ4v) is 3.60. The van der Waals surface area contributed by atoms with Crippen molar-refractivity contribution in [3.8, 4) is 11.1 Å². The molecule has 154 valence electrons. The molecule has 29 heavy (non-hydrogen) atoms. The van der Waals surface area contributed by atoms with Gasteiger partial charge in [0, 0.05) is 48.2 Å². The SMILES string of the molecule is CC(C)(C)c1cc(NCCN2CCOCC2)n2ncc(-c3ccc(Cl)cc3)c2n1. The van der Waals surface area contributed by atoms with Gasteiger partial charge in [0.15, 0.2) is 5.65 Å². The molecular weight excluding hydrogens is 386 g/mol. The van der Waals surface area contributed by atoms with Crippen LogP contribution in [0.4, 0.5) is 5.82 Å². The molecule has 0 aliphatic carbocycles. The number of rotatable bonds is 5. The summed E-state index contributed by atoms with van der Waals surface area (Å²) in [5, 5.41) is 8.93. The molecule has 1 saturated heterocycles. The van der Waals surface area contributed by atoms with Crippen LogP contribution < -0.4 is 5.32 Å². The average Bonchev–Trinajstić information content (AvgIpc) is 3.13. The molecule has 0 bridgehead atoms. The Bertz CT molecular complexity index is 971. The van der Waals surface area contributed by atoms with Crippen LogP contribution in [0.3, 0.4) is 0 Å². The highest BCUT2D eigenvalue weighted by Crippen LogP contribution is 2.30. The summed E-state index contributed by atoms with van der Waals surface area (Å²) >= 11 is 6.06. The number of nitrogens with zero attached hydrogens (tertiary/aromatic N) is 4. The molecule has 1 aromatic carbocycles. The van der Waals surface area contributed by atoms with Crippen LogP contribution in [0.1, 0.15) is 26.5 Å². The van der Waals surface area contributed by atoms with E-state index in [2.05, 4.69) is 42.2 Å². The number of morpholine rings is 1. The number of hydrogen-bond donors (Lipinski definition) is 1. The monoisotopic (exact) mass is 413 g/mol. The van der Waals surface area contributed by atoms with Crippen LogP contribution >= 0.6 is 11.6 Å². The normalized spacial score (nSPS) is 15.7. The Labute approximate surface area is 176 Å². The van der Waals surface area contributed by atoms with E-state index in [1.54, 1.807) is 0 Å². The molecule has 4 rings (SSSR count). The molecule has 2 aromatic heterocycles. The standard InChI is InChI=1S/C22H28ClN5O/c1-22(2,3)19-14-20(24-8-9-27-10-12-29-13-11-27)28-21(26-19)18(15-25-28)16-4-6-17(23)7-5-16/h4-7,14-15,24H,8-13H2,1-3H3. The van der Waals surface area contributed by atoms with Gasteiger partial charge in [0.05, 0.1) is 25.1 Å². The van der Waals surface area contributed by atoms with E-state index in [9.17, 15) is 0 Å². The number of anilines is 1. The lowest BCUT2D eigenvalue weighted by Gasteiger charge is -2.26. The molecule has 0 saturated carbocycles. The Hall–Kier alpha value is -2.15. The van der Waals surface area contributed by atoms with Gasteiger partial charge in [-0.25, -0.2) is 4.98 Å². The third-order valence-electron chi connectivity index (χ3n) is 5.23. The summed E-state index contributed by atoms with van der Waals surface area (Å²) < 4.78 is 7.34. The number of aromatic nitrogens is 3. The number of nitrogens with one attached hydrogen (secondary N) is 1. The second-order valence-corrected chi connectivity index (χ2v) is 8.89. The van der Waals surface area contributed by atoms with Crippen molar-refractivity contribution in [2.45, 2.75) is 26.2 Å². The zero-order valence-electron chi connectivity index (χ0n) is 17.3. The van der Waals surface area contributed by atoms with Gasteiger partial charge in [0.2, 0.25) is 0 Å². The van der Waals surface area contributed by atoms with Crippen molar-refractivity contribution in [3.63, 3.8) is 0 Å². The fraction of sp³-hybridized carbons (Fsp3) is 0.455. The first-order valence-corrected chi connectivity index (χ1v) is 10.5. The Morgan fingerprint density at radius 2 is 1.86 bits per heavy atom. The quantitative estimate of drug-likeness (QED) is 0.682. The molecule has 3 aromatic rings. The predicted molar refractivity (Wildman–Crippen MR) is 118 cm³/mol. The molecule has 1 fully saturated rings. The van der Waals surface area contributed by atoms with E-state index in [-0.39, 0.29) is 5.41 Å². The van der Waals surface area contributed by atoms with Gasteiger partial charge in [-0.2, -0.15) is 9.61 Å². The van der Waals surface area contributed by atoms with Crippen LogP contribution in [0.25, 0.3) is 16.8 Å². The second-order valence-electron chi connectivity index (χ2n) is 8.46. The van der Waals surface area contributed by atoms with E-state index in [0.717, 1.165) is 72.7 Å². The van der Waals surface area contributed by atoms with E-state index in [0.29, 0.717) is 0 Å². The van der Waals surface area contributed by atoms with Crippen molar-refractivity contribution in [3.05, 3.63) is 47.2 Å². The minimum absolute atomic E-state index is 0.0656. The van der Waals surface area contributed by atoms with E-state index >= 15 is 0 Å². The Balaban J connectivity index is 1.66. The van der Waals surface area contributed by atoms with Crippen LogP contribution in [-0.4, -0.2) is 58.9 Å². The molecule has 0 radical (unpaired) electrons. The lowest BCUT2D eigenvalue weighted by molar-refractivity contribution is 0.0398. The van der Waals surface area contributed by atoms with Crippen molar-refractivity contribution in [1.29, 1.82) is 0 Å². The first kappa shape index (κ1) is 20.1. The van der Waals surface area contributed by atoms with E-state index in [1.165, 1.54) is 0 Å².